The molecule has 0 aliphatic carbocycles. The molecule has 0 atom stereocenters. The highest BCUT2D eigenvalue weighted by Gasteiger charge is 2.15. The van der Waals surface area contributed by atoms with Crippen LogP contribution in [0.1, 0.15) is 10.4 Å². The van der Waals surface area contributed by atoms with Crippen molar-refractivity contribution in [3.63, 3.8) is 0 Å². The Morgan fingerprint density at radius 3 is 2.80 bits per heavy atom. The maximum Gasteiger partial charge on any atom is 0.214 e. The molecule has 0 spiro atoms. The Bertz CT molecular complexity index is 476. The average Bonchev–Trinajstić information content (AvgIpc) is 2.69. The Kier molecular flexibility index (Phi) is 2.47. The van der Waals surface area contributed by atoms with Crippen molar-refractivity contribution >= 4 is 17.9 Å². The molecule has 0 bridgehead atoms. The number of benzene rings is 1. The summed E-state index contributed by atoms with van der Waals surface area (Å²) >= 11 is 5.78. The summed E-state index contributed by atoms with van der Waals surface area (Å²) < 4.78 is 18.0. The van der Waals surface area contributed by atoms with Gasteiger partial charge in [0.2, 0.25) is 12.2 Å². The molecule has 76 valence electrons. The van der Waals surface area contributed by atoms with Crippen LogP contribution in [0.25, 0.3) is 11.4 Å². The van der Waals surface area contributed by atoms with E-state index in [0.717, 1.165) is 12.5 Å². The number of carbonyl (C=O) groups is 1. The van der Waals surface area contributed by atoms with Crippen molar-refractivity contribution in [2.75, 3.05) is 0 Å². The van der Waals surface area contributed by atoms with Gasteiger partial charge in [0.05, 0.1) is 10.6 Å². The summed E-state index contributed by atoms with van der Waals surface area (Å²) in [5, 5.41) is 3.53. The van der Waals surface area contributed by atoms with E-state index in [1.807, 2.05) is 0 Å². The summed E-state index contributed by atoms with van der Waals surface area (Å²) in [6, 6.07) is 2.40. The Morgan fingerprint density at radius 1 is 1.47 bits per heavy atom. The molecule has 6 heteroatoms. The number of aldehydes is 1. The van der Waals surface area contributed by atoms with Crippen molar-refractivity contribution in [1.82, 2.24) is 10.1 Å². The fourth-order valence-corrected chi connectivity index (χ4v) is 1.46. The van der Waals surface area contributed by atoms with Crippen molar-refractivity contribution in [2.24, 2.45) is 0 Å². The summed E-state index contributed by atoms with van der Waals surface area (Å²) in [5.41, 5.74) is 0.181. The lowest BCUT2D eigenvalue weighted by Crippen LogP contribution is -1.91. The molecule has 0 amide bonds. The van der Waals surface area contributed by atoms with Crippen molar-refractivity contribution in [2.45, 2.75) is 0 Å². The molecule has 15 heavy (non-hydrogen) atoms. The van der Waals surface area contributed by atoms with E-state index < -0.39 is 5.82 Å². The van der Waals surface area contributed by atoms with Crippen LogP contribution in [0.5, 0.6) is 0 Å². The monoisotopic (exact) mass is 226 g/mol. The number of nitrogens with zero attached hydrogens (tertiary/aromatic N) is 2. The van der Waals surface area contributed by atoms with Crippen LogP contribution < -0.4 is 0 Å². The van der Waals surface area contributed by atoms with Gasteiger partial charge >= 0.3 is 0 Å². The summed E-state index contributed by atoms with van der Waals surface area (Å²) in [6.45, 7) is 0. The first-order valence-electron chi connectivity index (χ1n) is 3.93. The van der Waals surface area contributed by atoms with Crippen molar-refractivity contribution in [3.05, 3.63) is 34.9 Å². The number of rotatable bonds is 2. The molecule has 1 heterocycles. The van der Waals surface area contributed by atoms with Gasteiger partial charge in [0.1, 0.15) is 12.1 Å². The molecular formula is C9H4ClFN2O2. The fraction of sp³-hybridized carbons (Fsp3) is 0. The molecule has 0 aliphatic heterocycles. The highest BCUT2D eigenvalue weighted by atomic mass is 35.5. The first-order chi connectivity index (χ1) is 7.22. The standard InChI is InChI=1S/C9H4ClFN2O2/c10-6-1-5(3-14)2-7(11)8(6)9-12-4-15-13-9/h1-4H. The second kappa shape index (κ2) is 3.78. The van der Waals surface area contributed by atoms with E-state index in [-0.39, 0.29) is 22.0 Å². The van der Waals surface area contributed by atoms with E-state index in [0.29, 0.717) is 6.29 Å². The minimum Gasteiger partial charge on any atom is -0.342 e. The number of aromatic nitrogens is 2. The van der Waals surface area contributed by atoms with Crippen LogP contribution >= 0.6 is 11.6 Å². The highest BCUT2D eigenvalue weighted by molar-refractivity contribution is 6.33. The molecule has 0 radical (unpaired) electrons. The summed E-state index contributed by atoms with van der Waals surface area (Å²) in [6.07, 6.45) is 1.58. The molecule has 1 aromatic carbocycles. The van der Waals surface area contributed by atoms with E-state index >= 15 is 0 Å². The second-order valence-corrected chi connectivity index (χ2v) is 3.14. The van der Waals surface area contributed by atoms with Crippen LogP contribution in [0.2, 0.25) is 5.02 Å². The van der Waals surface area contributed by atoms with Crippen LogP contribution in [0.4, 0.5) is 4.39 Å². The predicted molar refractivity (Wildman–Crippen MR) is 50.1 cm³/mol. The largest absolute Gasteiger partial charge is 0.342 e. The number of hydrogen-bond acceptors (Lipinski definition) is 4. The smallest absolute Gasteiger partial charge is 0.214 e. The van der Waals surface area contributed by atoms with E-state index in [4.69, 9.17) is 11.6 Å². The van der Waals surface area contributed by atoms with E-state index in [1.165, 1.54) is 6.07 Å². The van der Waals surface area contributed by atoms with Crippen LogP contribution in [-0.4, -0.2) is 16.4 Å². The molecular weight excluding hydrogens is 223 g/mol. The Morgan fingerprint density at radius 2 is 2.27 bits per heavy atom. The minimum atomic E-state index is -0.661. The summed E-state index contributed by atoms with van der Waals surface area (Å²) in [4.78, 5) is 14.1. The Hall–Kier alpha value is -1.75. The van der Waals surface area contributed by atoms with Crippen LogP contribution in [0, 0.1) is 5.82 Å². The summed E-state index contributed by atoms with van der Waals surface area (Å²) in [7, 11) is 0. The minimum absolute atomic E-state index is 0.0241. The first kappa shape index (κ1) is 9.79. The van der Waals surface area contributed by atoms with Gasteiger partial charge in [-0.15, -0.1) is 0 Å². The van der Waals surface area contributed by atoms with E-state index in [2.05, 4.69) is 14.7 Å². The molecule has 4 nitrogen and oxygen atoms in total. The molecule has 0 aliphatic rings. The number of hydrogen-bond donors (Lipinski definition) is 0. The third-order valence-electron chi connectivity index (χ3n) is 1.79. The van der Waals surface area contributed by atoms with Crippen molar-refractivity contribution in [3.8, 4) is 11.4 Å². The maximum absolute atomic E-state index is 13.5. The third kappa shape index (κ3) is 1.73. The summed E-state index contributed by atoms with van der Waals surface area (Å²) in [5.74, 6) is -0.610. The molecule has 2 rings (SSSR count). The second-order valence-electron chi connectivity index (χ2n) is 2.73. The SMILES string of the molecule is O=Cc1cc(F)c(-c2ncon2)c(Cl)c1. The molecule has 0 unspecified atom stereocenters. The van der Waals surface area contributed by atoms with Crippen LogP contribution in [0.15, 0.2) is 23.0 Å². The fourth-order valence-electron chi connectivity index (χ4n) is 1.16. The zero-order chi connectivity index (χ0) is 10.8. The maximum atomic E-state index is 13.5. The van der Waals surface area contributed by atoms with Gasteiger partial charge in [0, 0.05) is 5.56 Å². The molecule has 2 aromatic rings. The van der Waals surface area contributed by atoms with Gasteiger partial charge in [-0.25, -0.2) is 4.39 Å². The van der Waals surface area contributed by atoms with Crippen molar-refractivity contribution < 1.29 is 13.7 Å². The predicted octanol–water partition coefficient (Wildman–Crippen LogP) is 2.34. The van der Waals surface area contributed by atoms with Gasteiger partial charge in [-0.2, -0.15) is 4.98 Å². The van der Waals surface area contributed by atoms with Gasteiger partial charge in [-0.3, -0.25) is 4.79 Å². The first-order valence-corrected chi connectivity index (χ1v) is 4.31. The third-order valence-corrected chi connectivity index (χ3v) is 2.08. The normalized spacial score (nSPS) is 10.3. The average molecular weight is 227 g/mol. The highest BCUT2D eigenvalue weighted by Crippen LogP contribution is 2.28. The molecule has 0 saturated heterocycles. The zero-order valence-corrected chi connectivity index (χ0v) is 8.03. The van der Waals surface area contributed by atoms with Gasteiger partial charge in [-0.05, 0) is 12.1 Å². The Balaban J connectivity index is 2.63. The number of carbonyl (C=O) groups excluding carboxylic acids is 1. The van der Waals surface area contributed by atoms with Gasteiger partial charge < -0.3 is 4.52 Å². The molecule has 1 aromatic heterocycles. The lowest BCUT2D eigenvalue weighted by Gasteiger charge is -2.01. The molecule has 0 N–H and O–H groups in total. The lowest BCUT2D eigenvalue weighted by atomic mass is 10.1. The topological polar surface area (TPSA) is 56.0 Å². The van der Waals surface area contributed by atoms with Gasteiger partial charge in [-0.1, -0.05) is 16.8 Å². The van der Waals surface area contributed by atoms with Gasteiger partial charge in [0.25, 0.3) is 0 Å². The lowest BCUT2D eigenvalue weighted by molar-refractivity contribution is 0.112. The molecule has 0 saturated carbocycles. The molecule has 0 fully saturated rings. The zero-order valence-electron chi connectivity index (χ0n) is 7.28. The van der Waals surface area contributed by atoms with E-state index in [1.54, 1.807) is 0 Å². The van der Waals surface area contributed by atoms with Crippen molar-refractivity contribution in [1.29, 1.82) is 0 Å². The quantitative estimate of drug-likeness (QED) is 0.738. The van der Waals surface area contributed by atoms with Crippen LogP contribution in [0.3, 0.4) is 0 Å². The Labute approximate surface area is 88.7 Å². The van der Waals surface area contributed by atoms with Crippen LogP contribution in [-0.2, 0) is 0 Å². The number of halogens is 2. The van der Waals surface area contributed by atoms with Gasteiger partial charge in [0.15, 0.2) is 0 Å². The van der Waals surface area contributed by atoms with E-state index in [9.17, 15) is 9.18 Å².